The monoisotopic (exact) mass is 624 g/mol. The number of nitrogens with zero attached hydrogens (tertiary/aromatic N) is 6. The highest BCUT2D eigenvalue weighted by atomic mass is 32.2. The van der Waals surface area contributed by atoms with E-state index in [0.29, 0.717) is 22.3 Å². The molecule has 44 heavy (non-hydrogen) atoms. The highest BCUT2D eigenvalue weighted by Gasteiger charge is 2.42. The van der Waals surface area contributed by atoms with Crippen molar-refractivity contribution in [3.63, 3.8) is 0 Å². The smallest absolute Gasteiger partial charge is 0.318 e. The maximum atomic E-state index is 14.7. The normalized spacial score (nSPS) is 22.4. The SMILES string of the molecule is COc1cc(C)c(S(=O)(=O)N2C[C@H](F)C[C@H]2COc2nccc(N3CCC4(CCN(c5ccncc5)CC4)CC3)n2)c(C)c1. The average molecular weight is 625 g/mol. The molecule has 3 fully saturated rings. The number of aryl methyl sites for hydroxylation is 2. The van der Waals surface area contributed by atoms with E-state index in [-0.39, 0.29) is 30.5 Å². The van der Waals surface area contributed by atoms with Crippen molar-refractivity contribution in [1.29, 1.82) is 0 Å². The first-order valence-corrected chi connectivity index (χ1v) is 16.8. The van der Waals surface area contributed by atoms with Crippen molar-refractivity contribution in [2.75, 3.05) is 56.2 Å². The van der Waals surface area contributed by atoms with Gasteiger partial charge in [0.2, 0.25) is 10.0 Å². The first kappa shape index (κ1) is 30.5. The number of halogens is 1. The fraction of sp³-hybridized carbons (Fsp3) is 0.531. The van der Waals surface area contributed by atoms with Crippen molar-refractivity contribution in [3.05, 3.63) is 60.0 Å². The standard InChI is InChI=1S/C32H41FN6O4S/c1-23-18-28(42-3)19-24(2)30(23)44(40,41)39-21-25(33)20-27(39)22-43-31-35-13-6-29(36-31)38-16-9-32(10-17-38)7-14-37(15-8-32)26-4-11-34-12-5-26/h4-6,11-13,18-19,25,27H,7-10,14-17,20-22H2,1-3H3/t25-,27+/m1/s1. The molecule has 0 radical (unpaired) electrons. The third kappa shape index (κ3) is 6.19. The molecule has 0 amide bonds. The van der Waals surface area contributed by atoms with Crippen LogP contribution >= 0.6 is 0 Å². The van der Waals surface area contributed by atoms with Crippen LogP contribution in [0.1, 0.15) is 43.2 Å². The summed E-state index contributed by atoms with van der Waals surface area (Å²) in [5.74, 6) is 1.37. The van der Waals surface area contributed by atoms with Gasteiger partial charge in [0.05, 0.1) is 18.0 Å². The molecule has 1 aromatic carbocycles. The number of piperidine rings is 2. The zero-order chi connectivity index (χ0) is 30.9. The van der Waals surface area contributed by atoms with Gasteiger partial charge in [-0.15, -0.1) is 0 Å². The van der Waals surface area contributed by atoms with Crippen molar-refractivity contribution in [2.45, 2.75) is 63.1 Å². The Morgan fingerprint density at radius 2 is 1.59 bits per heavy atom. The summed E-state index contributed by atoms with van der Waals surface area (Å²) in [4.78, 5) is 18.0. The lowest BCUT2D eigenvalue weighted by atomic mass is 9.71. The number of ether oxygens (including phenoxy) is 2. The number of alkyl halides is 1. The Kier molecular flexibility index (Phi) is 8.65. The maximum absolute atomic E-state index is 14.7. The molecule has 2 aromatic heterocycles. The molecule has 10 nitrogen and oxygen atoms in total. The first-order chi connectivity index (χ1) is 21.2. The van der Waals surface area contributed by atoms with Crippen LogP contribution in [0.4, 0.5) is 15.9 Å². The third-order valence-electron chi connectivity index (χ3n) is 9.57. The van der Waals surface area contributed by atoms with Crippen molar-refractivity contribution in [2.24, 2.45) is 5.41 Å². The molecule has 0 unspecified atom stereocenters. The number of pyridine rings is 1. The third-order valence-corrected chi connectivity index (χ3v) is 11.8. The molecular weight excluding hydrogens is 583 g/mol. The van der Waals surface area contributed by atoms with E-state index in [1.54, 1.807) is 32.2 Å². The Hall–Kier alpha value is -3.51. The van der Waals surface area contributed by atoms with Gasteiger partial charge in [0.1, 0.15) is 24.3 Å². The second-order valence-electron chi connectivity index (χ2n) is 12.3. The van der Waals surface area contributed by atoms with Crippen molar-refractivity contribution in [1.82, 2.24) is 19.3 Å². The number of anilines is 2. The molecule has 3 aliphatic heterocycles. The van der Waals surface area contributed by atoms with Gasteiger partial charge in [-0.25, -0.2) is 17.8 Å². The van der Waals surface area contributed by atoms with E-state index < -0.39 is 22.2 Å². The maximum Gasteiger partial charge on any atom is 0.318 e. The minimum atomic E-state index is -3.97. The number of benzene rings is 1. The van der Waals surface area contributed by atoms with E-state index in [4.69, 9.17) is 9.47 Å². The van der Waals surface area contributed by atoms with Crippen LogP contribution in [0.3, 0.4) is 0 Å². The van der Waals surface area contributed by atoms with Crippen molar-refractivity contribution < 1.29 is 22.3 Å². The van der Waals surface area contributed by atoms with Crippen molar-refractivity contribution in [3.8, 4) is 11.8 Å². The van der Waals surface area contributed by atoms with E-state index in [0.717, 1.165) is 44.8 Å². The molecule has 0 bridgehead atoms. The number of hydrogen-bond donors (Lipinski definition) is 0. The summed E-state index contributed by atoms with van der Waals surface area (Å²) in [6.45, 7) is 7.14. The lowest BCUT2D eigenvalue weighted by Crippen LogP contribution is -2.47. The molecule has 5 heterocycles. The van der Waals surface area contributed by atoms with Crippen LogP contribution in [0.15, 0.2) is 53.8 Å². The van der Waals surface area contributed by atoms with E-state index in [1.807, 2.05) is 18.5 Å². The topological polar surface area (TPSA) is 101 Å². The molecule has 0 saturated carbocycles. The predicted molar refractivity (Wildman–Crippen MR) is 167 cm³/mol. The van der Waals surface area contributed by atoms with Crippen LogP contribution in [-0.2, 0) is 10.0 Å². The van der Waals surface area contributed by atoms with Crippen LogP contribution in [0.2, 0.25) is 0 Å². The summed E-state index contributed by atoms with van der Waals surface area (Å²) in [5, 5.41) is 0. The minimum absolute atomic E-state index is 0.0333. The van der Waals surface area contributed by atoms with Crippen molar-refractivity contribution >= 4 is 21.5 Å². The largest absolute Gasteiger partial charge is 0.497 e. The molecule has 1 spiro atoms. The fourth-order valence-electron chi connectivity index (χ4n) is 7.08. The number of methoxy groups -OCH3 is 1. The predicted octanol–water partition coefficient (Wildman–Crippen LogP) is 4.56. The Bertz CT molecular complexity index is 1530. The highest BCUT2D eigenvalue weighted by Crippen LogP contribution is 2.43. The summed E-state index contributed by atoms with van der Waals surface area (Å²) < 4.78 is 54.6. The molecule has 0 N–H and O–H groups in total. The van der Waals surface area contributed by atoms with E-state index in [1.165, 1.54) is 29.9 Å². The molecular formula is C32H41FN6O4S. The lowest BCUT2D eigenvalue weighted by Gasteiger charge is -2.47. The summed E-state index contributed by atoms with van der Waals surface area (Å²) in [7, 11) is -2.43. The number of sulfonamides is 1. The fourth-order valence-corrected chi connectivity index (χ4v) is 9.15. The van der Waals surface area contributed by atoms with Gasteiger partial charge < -0.3 is 19.3 Å². The van der Waals surface area contributed by atoms with Gasteiger partial charge in [0.15, 0.2) is 0 Å². The molecule has 236 valence electrons. The van der Waals surface area contributed by atoms with Gasteiger partial charge in [0, 0.05) is 57.0 Å². The Morgan fingerprint density at radius 1 is 0.955 bits per heavy atom. The van der Waals surface area contributed by atoms with Gasteiger partial charge in [-0.2, -0.15) is 9.29 Å². The minimum Gasteiger partial charge on any atom is -0.497 e. The van der Waals surface area contributed by atoms with Crippen LogP contribution < -0.4 is 19.3 Å². The summed E-state index contributed by atoms with van der Waals surface area (Å²) in [6, 6.07) is 8.91. The molecule has 0 aliphatic carbocycles. The molecule has 12 heteroatoms. The second-order valence-corrected chi connectivity index (χ2v) is 14.2. The van der Waals surface area contributed by atoms with Gasteiger partial charge in [-0.05, 0) is 92.8 Å². The average Bonchev–Trinajstić information content (AvgIpc) is 3.42. The zero-order valence-electron chi connectivity index (χ0n) is 25.7. The molecule has 3 saturated heterocycles. The summed E-state index contributed by atoms with van der Waals surface area (Å²) in [5.41, 5.74) is 2.71. The molecule has 3 aliphatic rings. The first-order valence-electron chi connectivity index (χ1n) is 15.3. The Labute approximate surface area is 259 Å². The Balaban J connectivity index is 1.07. The quantitative estimate of drug-likeness (QED) is 0.357. The van der Waals surface area contributed by atoms with Gasteiger partial charge in [0.25, 0.3) is 0 Å². The highest BCUT2D eigenvalue weighted by molar-refractivity contribution is 7.89. The van der Waals surface area contributed by atoms with E-state index >= 15 is 0 Å². The summed E-state index contributed by atoms with van der Waals surface area (Å²) >= 11 is 0. The lowest BCUT2D eigenvalue weighted by molar-refractivity contribution is 0.166. The van der Waals surface area contributed by atoms with Gasteiger partial charge >= 0.3 is 6.01 Å². The van der Waals surface area contributed by atoms with Gasteiger partial charge in [-0.1, -0.05) is 0 Å². The molecule has 2 atom stereocenters. The van der Waals surface area contributed by atoms with Gasteiger partial charge in [-0.3, -0.25) is 4.98 Å². The number of rotatable bonds is 8. The van der Waals surface area contributed by atoms with Crippen LogP contribution in [-0.4, -0.2) is 86.3 Å². The second kappa shape index (κ2) is 12.5. The summed E-state index contributed by atoms with van der Waals surface area (Å²) in [6.07, 6.45) is 8.71. The molecule has 3 aromatic rings. The zero-order valence-corrected chi connectivity index (χ0v) is 26.5. The number of hydrogen-bond acceptors (Lipinski definition) is 9. The van der Waals surface area contributed by atoms with Crippen LogP contribution in [0, 0.1) is 19.3 Å². The Morgan fingerprint density at radius 3 is 2.23 bits per heavy atom. The number of aromatic nitrogens is 3. The van der Waals surface area contributed by atoms with Crippen LogP contribution in [0.5, 0.6) is 11.8 Å². The van der Waals surface area contributed by atoms with E-state index in [9.17, 15) is 12.8 Å². The van der Waals surface area contributed by atoms with E-state index in [2.05, 4.69) is 36.9 Å². The molecule has 6 rings (SSSR count). The van der Waals surface area contributed by atoms with Crippen LogP contribution in [0.25, 0.3) is 0 Å².